The van der Waals surface area contributed by atoms with Gasteiger partial charge in [0.2, 0.25) is 0 Å². The molecule has 0 saturated carbocycles. The van der Waals surface area contributed by atoms with Crippen LogP contribution in [0.3, 0.4) is 0 Å². The van der Waals surface area contributed by atoms with Gasteiger partial charge < -0.3 is 14.5 Å². The highest BCUT2D eigenvalue weighted by atomic mass is 31.2. The molecule has 0 aromatic heterocycles. The van der Waals surface area contributed by atoms with E-state index in [0.29, 0.717) is 0 Å². The summed E-state index contributed by atoms with van der Waals surface area (Å²) in [6, 6.07) is 0. The number of rotatable bonds is 4. The van der Waals surface area contributed by atoms with Gasteiger partial charge >= 0.3 is 7.82 Å². The number of phosphoric ester groups is 1. The molecule has 10 heavy (non-hydrogen) atoms. The molecule has 0 bridgehead atoms. The molecule has 0 aliphatic rings. The van der Waals surface area contributed by atoms with Gasteiger partial charge in [0, 0.05) is 7.11 Å². The molecule has 0 amide bonds. The van der Waals surface area contributed by atoms with Gasteiger partial charge in [-0.1, -0.05) is 0 Å². The number of methoxy groups -OCH3 is 1. The molecule has 62 valence electrons. The molecular weight excluding hydrogens is 159 g/mol. The van der Waals surface area contributed by atoms with Crippen LogP contribution < -0.4 is 0 Å². The van der Waals surface area contributed by atoms with Crippen molar-refractivity contribution in [3.63, 3.8) is 0 Å². The van der Waals surface area contributed by atoms with Crippen LogP contribution >= 0.6 is 7.82 Å². The normalized spacial score (nSPS) is 15.2. The van der Waals surface area contributed by atoms with Crippen molar-refractivity contribution in [2.75, 3.05) is 13.7 Å². The summed E-state index contributed by atoms with van der Waals surface area (Å²) in [6.07, 6.45) is -0.578. The topological polar surface area (TPSA) is 76.0 Å². The molecule has 0 heterocycles. The standard InChI is InChI=1S/C4H11O5P/c1-4(3-8-2)9-10(5,6)7/h4H,3H2,1-2H3,(H2,5,6,7). The molecule has 0 aromatic rings. The molecule has 0 aliphatic heterocycles. The van der Waals surface area contributed by atoms with Crippen molar-refractivity contribution < 1.29 is 23.6 Å². The molecule has 0 fully saturated rings. The predicted octanol–water partition coefficient (Wildman–Crippen LogP) is 0.131. The first-order valence-electron chi connectivity index (χ1n) is 2.68. The summed E-state index contributed by atoms with van der Waals surface area (Å²) < 4.78 is 18.9. The zero-order chi connectivity index (χ0) is 8.20. The summed E-state index contributed by atoms with van der Waals surface area (Å²) in [5, 5.41) is 0. The van der Waals surface area contributed by atoms with Crippen molar-refractivity contribution in [1.82, 2.24) is 0 Å². The van der Waals surface area contributed by atoms with Crippen LogP contribution in [0.2, 0.25) is 0 Å². The van der Waals surface area contributed by atoms with E-state index in [9.17, 15) is 4.57 Å². The van der Waals surface area contributed by atoms with E-state index in [1.165, 1.54) is 14.0 Å². The molecule has 0 radical (unpaired) electrons. The van der Waals surface area contributed by atoms with E-state index in [2.05, 4.69) is 9.26 Å². The van der Waals surface area contributed by atoms with Gasteiger partial charge in [-0.15, -0.1) is 0 Å². The van der Waals surface area contributed by atoms with Gasteiger partial charge in [-0.25, -0.2) is 4.57 Å². The summed E-state index contributed by atoms with van der Waals surface area (Å²) in [7, 11) is -2.90. The van der Waals surface area contributed by atoms with Crippen molar-refractivity contribution in [3.8, 4) is 0 Å². The van der Waals surface area contributed by atoms with Crippen molar-refractivity contribution >= 4 is 7.82 Å². The third-order valence-electron chi connectivity index (χ3n) is 0.719. The Morgan fingerprint density at radius 3 is 2.40 bits per heavy atom. The lowest BCUT2D eigenvalue weighted by molar-refractivity contribution is 0.0672. The van der Waals surface area contributed by atoms with Crippen molar-refractivity contribution in [1.29, 1.82) is 0 Å². The molecule has 1 unspecified atom stereocenters. The lowest BCUT2D eigenvalue weighted by Gasteiger charge is -2.11. The Bertz CT molecular complexity index is 130. The molecule has 0 rings (SSSR count). The highest BCUT2D eigenvalue weighted by Crippen LogP contribution is 2.37. The van der Waals surface area contributed by atoms with Gasteiger partial charge in [-0.2, -0.15) is 0 Å². The van der Waals surface area contributed by atoms with E-state index >= 15 is 0 Å². The molecule has 2 N–H and O–H groups in total. The second kappa shape index (κ2) is 4.05. The summed E-state index contributed by atoms with van der Waals surface area (Å²) in [6.45, 7) is 1.69. The smallest absolute Gasteiger partial charge is 0.382 e. The Hall–Kier alpha value is 0.0700. The molecule has 0 saturated heterocycles. The summed E-state index contributed by atoms with van der Waals surface area (Å²) in [5.74, 6) is 0. The average Bonchev–Trinajstić information content (AvgIpc) is 1.59. The monoisotopic (exact) mass is 170 g/mol. The fourth-order valence-electron chi connectivity index (χ4n) is 0.500. The third-order valence-corrected chi connectivity index (χ3v) is 1.35. The minimum Gasteiger partial charge on any atom is -0.382 e. The maximum absolute atomic E-state index is 10.1. The van der Waals surface area contributed by atoms with Crippen LogP contribution in [0.4, 0.5) is 0 Å². The Balaban J connectivity index is 3.58. The van der Waals surface area contributed by atoms with E-state index < -0.39 is 13.9 Å². The van der Waals surface area contributed by atoms with E-state index in [1.807, 2.05) is 0 Å². The first kappa shape index (κ1) is 10.1. The lowest BCUT2D eigenvalue weighted by Crippen LogP contribution is -2.12. The summed E-state index contributed by atoms with van der Waals surface area (Å²) in [5.41, 5.74) is 0. The largest absolute Gasteiger partial charge is 0.469 e. The van der Waals surface area contributed by atoms with Gasteiger partial charge in [0.05, 0.1) is 12.7 Å². The SMILES string of the molecule is COCC(C)OP(=O)(O)O. The fourth-order valence-corrected chi connectivity index (χ4v) is 1.03. The predicted molar refractivity (Wildman–Crippen MR) is 34.5 cm³/mol. The second-order valence-corrected chi connectivity index (χ2v) is 3.05. The number of ether oxygens (including phenoxy) is 1. The first-order valence-corrected chi connectivity index (χ1v) is 4.21. The average molecular weight is 170 g/mol. The van der Waals surface area contributed by atoms with Crippen LogP contribution in [0.5, 0.6) is 0 Å². The first-order chi connectivity index (χ1) is 4.45. The Labute approximate surface area is 59.2 Å². The van der Waals surface area contributed by atoms with Gasteiger partial charge in [0.1, 0.15) is 0 Å². The molecule has 0 spiro atoms. The lowest BCUT2D eigenvalue weighted by atomic mass is 10.5. The van der Waals surface area contributed by atoms with Crippen LogP contribution in [0.25, 0.3) is 0 Å². The van der Waals surface area contributed by atoms with E-state index in [0.717, 1.165) is 0 Å². The van der Waals surface area contributed by atoms with Crippen molar-refractivity contribution in [2.45, 2.75) is 13.0 Å². The Morgan fingerprint density at radius 2 is 2.10 bits per heavy atom. The van der Waals surface area contributed by atoms with E-state index in [4.69, 9.17) is 9.79 Å². The van der Waals surface area contributed by atoms with Crippen LogP contribution in [0.1, 0.15) is 6.92 Å². The van der Waals surface area contributed by atoms with Crippen LogP contribution in [0, 0.1) is 0 Å². The zero-order valence-electron chi connectivity index (χ0n) is 5.85. The molecule has 1 atom stereocenters. The van der Waals surface area contributed by atoms with Gasteiger partial charge in [0.25, 0.3) is 0 Å². The highest BCUT2D eigenvalue weighted by Gasteiger charge is 2.18. The van der Waals surface area contributed by atoms with Crippen molar-refractivity contribution in [2.24, 2.45) is 0 Å². The highest BCUT2D eigenvalue weighted by molar-refractivity contribution is 7.46. The van der Waals surface area contributed by atoms with Gasteiger partial charge in [-0.3, -0.25) is 4.52 Å². The molecule has 0 aliphatic carbocycles. The van der Waals surface area contributed by atoms with Crippen LogP contribution in [0.15, 0.2) is 0 Å². The zero-order valence-corrected chi connectivity index (χ0v) is 6.75. The van der Waals surface area contributed by atoms with Gasteiger partial charge in [-0.05, 0) is 6.92 Å². The summed E-state index contributed by atoms with van der Waals surface area (Å²) in [4.78, 5) is 16.5. The maximum Gasteiger partial charge on any atom is 0.469 e. The van der Waals surface area contributed by atoms with E-state index in [-0.39, 0.29) is 6.61 Å². The molecular formula is C4H11O5P. The second-order valence-electron chi connectivity index (χ2n) is 1.86. The van der Waals surface area contributed by atoms with Crippen LogP contribution in [-0.4, -0.2) is 29.6 Å². The van der Waals surface area contributed by atoms with Gasteiger partial charge in [0.15, 0.2) is 0 Å². The maximum atomic E-state index is 10.1. The fraction of sp³-hybridized carbons (Fsp3) is 1.00. The Kier molecular flexibility index (Phi) is 4.08. The third kappa shape index (κ3) is 6.19. The number of hydrogen-bond donors (Lipinski definition) is 2. The molecule has 6 heteroatoms. The van der Waals surface area contributed by atoms with Crippen molar-refractivity contribution in [3.05, 3.63) is 0 Å². The summed E-state index contributed by atoms with van der Waals surface area (Å²) >= 11 is 0. The molecule has 5 nitrogen and oxygen atoms in total. The van der Waals surface area contributed by atoms with Crippen LogP contribution in [-0.2, 0) is 13.8 Å². The number of hydrogen-bond acceptors (Lipinski definition) is 3. The minimum absolute atomic E-state index is 0.172. The quantitative estimate of drug-likeness (QED) is 0.586. The molecule has 0 aromatic carbocycles. The number of phosphoric acid groups is 1. The van der Waals surface area contributed by atoms with E-state index in [1.54, 1.807) is 0 Å². The Morgan fingerprint density at radius 1 is 1.60 bits per heavy atom. The minimum atomic E-state index is -4.33.